The molecular formula is C14H18O4. The quantitative estimate of drug-likeness (QED) is 0.551. The van der Waals surface area contributed by atoms with Gasteiger partial charge in [0, 0.05) is 6.42 Å². The molecule has 1 rings (SSSR count). The molecule has 0 saturated heterocycles. The Kier molecular flexibility index (Phi) is 6.54. The number of unbranched alkanes of at least 4 members (excludes halogenated alkanes) is 1. The van der Waals surface area contributed by atoms with Gasteiger partial charge in [-0.3, -0.25) is 4.79 Å². The Bertz CT molecular complexity index is 373. The predicted octanol–water partition coefficient (Wildman–Crippen LogP) is 2.58. The number of ether oxygens (including phenoxy) is 2. The van der Waals surface area contributed by atoms with Gasteiger partial charge in [0.15, 0.2) is 0 Å². The zero-order chi connectivity index (χ0) is 13.2. The molecule has 4 heteroatoms. The topological polar surface area (TPSA) is 52.6 Å². The van der Waals surface area contributed by atoms with Crippen LogP contribution in [-0.4, -0.2) is 25.2 Å². The number of benzene rings is 1. The number of hydrogen-bond acceptors (Lipinski definition) is 4. The molecule has 4 nitrogen and oxygen atoms in total. The summed E-state index contributed by atoms with van der Waals surface area (Å²) in [5, 5.41) is 0. The average Bonchev–Trinajstić information content (AvgIpc) is 2.39. The highest BCUT2D eigenvalue weighted by Gasteiger charge is 2.06. The van der Waals surface area contributed by atoms with Crippen molar-refractivity contribution in [2.45, 2.75) is 26.2 Å². The first kappa shape index (κ1) is 14.2. The highest BCUT2D eigenvalue weighted by atomic mass is 16.5. The second-order valence-corrected chi connectivity index (χ2v) is 3.76. The molecule has 0 amide bonds. The molecule has 0 saturated carbocycles. The maximum absolute atomic E-state index is 11.5. The summed E-state index contributed by atoms with van der Waals surface area (Å²) in [6, 6.07) is 8.84. The van der Waals surface area contributed by atoms with Crippen molar-refractivity contribution in [3.8, 4) is 0 Å². The van der Waals surface area contributed by atoms with E-state index in [2.05, 4.69) is 0 Å². The van der Waals surface area contributed by atoms with Gasteiger partial charge in [-0.25, -0.2) is 4.79 Å². The van der Waals surface area contributed by atoms with E-state index in [-0.39, 0.29) is 11.9 Å². The molecule has 0 N–H and O–H groups in total. The van der Waals surface area contributed by atoms with Crippen molar-refractivity contribution >= 4 is 11.9 Å². The molecule has 0 aliphatic carbocycles. The Morgan fingerprint density at radius 1 is 1.06 bits per heavy atom. The van der Waals surface area contributed by atoms with Crippen LogP contribution in [-0.2, 0) is 14.3 Å². The highest BCUT2D eigenvalue weighted by molar-refractivity contribution is 5.89. The molecule has 0 aliphatic heterocycles. The minimum absolute atomic E-state index is 0.202. The van der Waals surface area contributed by atoms with E-state index in [4.69, 9.17) is 9.47 Å². The minimum atomic E-state index is -0.327. The second kappa shape index (κ2) is 8.28. The average molecular weight is 250 g/mol. The molecule has 0 heterocycles. The molecule has 1 aromatic rings. The third-order valence-electron chi connectivity index (χ3n) is 2.32. The lowest BCUT2D eigenvalue weighted by Gasteiger charge is -2.04. The Morgan fingerprint density at radius 2 is 1.78 bits per heavy atom. The van der Waals surface area contributed by atoms with Gasteiger partial charge < -0.3 is 9.47 Å². The molecule has 98 valence electrons. The normalized spacial score (nSPS) is 9.83. The maximum Gasteiger partial charge on any atom is 0.338 e. The van der Waals surface area contributed by atoms with Gasteiger partial charge >= 0.3 is 11.9 Å². The standard InChI is InChI=1S/C14H18O4/c1-2-17-13(15)10-6-7-11-18-14(16)12-8-4-3-5-9-12/h3-5,8-9H,2,6-7,10-11H2,1H3. The van der Waals surface area contributed by atoms with Crippen molar-refractivity contribution in [3.05, 3.63) is 35.9 Å². The van der Waals surface area contributed by atoms with Gasteiger partial charge in [-0.05, 0) is 31.9 Å². The van der Waals surface area contributed by atoms with E-state index in [1.807, 2.05) is 6.07 Å². The van der Waals surface area contributed by atoms with Crippen LogP contribution in [0.2, 0.25) is 0 Å². The zero-order valence-electron chi connectivity index (χ0n) is 10.6. The van der Waals surface area contributed by atoms with Crippen LogP contribution in [0.1, 0.15) is 36.5 Å². The van der Waals surface area contributed by atoms with Gasteiger partial charge in [-0.1, -0.05) is 18.2 Å². The van der Waals surface area contributed by atoms with E-state index < -0.39 is 0 Å². The van der Waals surface area contributed by atoms with E-state index in [9.17, 15) is 9.59 Å². The van der Waals surface area contributed by atoms with Gasteiger partial charge in [0.25, 0.3) is 0 Å². The molecule has 18 heavy (non-hydrogen) atoms. The number of hydrogen-bond donors (Lipinski definition) is 0. The fourth-order valence-corrected chi connectivity index (χ4v) is 1.43. The Balaban J connectivity index is 2.11. The smallest absolute Gasteiger partial charge is 0.338 e. The lowest BCUT2D eigenvalue weighted by atomic mass is 10.2. The van der Waals surface area contributed by atoms with Crippen LogP contribution in [0.25, 0.3) is 0 Å². The molecule has 1 aromatic carbocycles. The van der Waals surface area contributed by atoms with Crippen LogP contribution in [0.3, 0.4) is 0 Å². The van der Waals surface area contributed by atoms with E-state index in [1.165, 1.54) is 0 Å². The summed E-state index contributed by atoms with van der Waals surface area (Å²) < 4.78 is 9.87. The summed E-state index contributed by atoms with van der Waals surface area (Å²) in [4.78, 5) is 22.6. The van der Waals surface area contributed by atoms with Gasteiger partial charge in [0.05, 0.1) is 18.8 Å². The van der Waals surface area contributed by atoms with E-state index in [1.54, 1.807) is 31.2 Å². The third kappa shape index (κ3) is 5.48. The van der Waals surface area contributed by atoms with Gasteiger partial charge in [-0.15, -0.1) is 0 Å². The second-order valence-electron chi connectivity index (χ2n) is 3.76. The number of rotatable bonds is 7. The molecule has 0 fully saturated rings. The van der Waals surface area contributed by atoms with Crippen LogP contribution in [0.4, 0.5) is 0 Å². The number of carbonyl (C=O) groups excluding carboxylic acids is 2. The van der Waals surface area contributed by atoms with Gasteiger partial charge in [0.1, 0.15) is 0 Å². The van der Waals surface area contributed by atoms with Crippen LogP contribution in [0, 0.1) is 0 Å². The van der Waals surface area contributed by atoms with E-state index in [0.717, 1.165) is 0 Å². The summed E-state index contributed by atoms with van der Waals surface area (Å²) in [6.07, 6.45) is 1.70. The molecule has 0 aliphatic rings. The molecule has 0 spiro atoms. The molecule has 0 bridgehead atoms. The molecule has 0 aromatic heterocycles. The van der Waals surface area contributed by atoms with Gasteiger partial charge in [0.2, 0.25) is 0 Å². The first-order valence-corrected chi connectivity index (χ1v) is 6.12. The van der Waals surface area contributed by atoms with Crippen molar-refractivity contribution in [1.82, 2.24) is 0 Å². The van der Waals surface area contributed by atoms with Crippen LogP contribution in [0.15, 0.2) is 30.3 Å². The molecule has 0 radical (unpaired) electrons. The lowest BCUT2D eigenvalue weighted by Crippen LogP contribution is -2.07. The molecule has 0 atom stereocenters. The first-order chi connectivity index (χ1) is 8.74. The Morgan fingerprint density at radius 3 is 2.44 bits per heavy atom. The monoisotopic (exact) mass is 250 g/mol. The summed E-state index contributed by atoms with van der Waals surface area (Å²) in [5.74, 6) is -0.529. The minimum Gasteiger partial charge on any atom is -0.466 e. The van der Waals surface area contributed by atoms with Crippen LogP contribution >= 0.6 is 0 Å². The number of carbonyl (C=O) groups is 2. The SMILES string of the molecule is CCOC(=O)CCCCOC(=O)c1ccccc1. The van der Waals surface area contributed by atoms with Crippen molar-refractivity contribution in [2.24, 2.45) is 0 Å². The summed E-state index contributed by atoms with van der Waals surface area (Å²) in [6.45, 7) is 2.51. The van der Waals surface area contributed by atoms with Crippen LogP contribution in [0.5, 0.6) is 0 Å². The lowest BCUT2D eigenvalue weighted by molar-refractivity contribution is -0.143. The fourth-order valence-electron chi connectivity index (χ4n) is 1.43. The van der Waals surface area contributed by atoms with Crippen molar-refractivity contribution in [1.29, 1.82) is 0 Å². The van der Waals surface area contributed by atoms with Gasteiger partial charge in [-0.2, -0.15) is 0 Å². The van der Waals surface area contributed by atoms with Crippen LogP contribution < -0.4 is 0 Å². The van der Waals surface area contributed by atoms with Crippen molar-refractivity contribution in [3.63, 3.8) is 0 Å². The first-order valence-electron chi connectivity index (χ1n) is 6.12. The molecule has 0 unspecified atom stereocenters. The maximum atomic E-state index is 11.5. The summed E-state index contributed by atoms with van der Waals surface area (Å²) >= 11 is 0. The Hall–Kier alpha value is -1.84. The summed E-state index contributed by atoms with van der Waals surface area (Å²) in [5.41, 5.74) is 0.544. The fraction of sp³-hybridized carbons (Fsp3) is 0.429. The highest BCUT2D eigenvalue weighted by Crippen LogP contribution is 2.03. The third-order valence-corrected chi connectivity index (χ3v) is 2.32. The zero-order valence-corrected chi connectivity index (χ0v) is 10.6. The Labute approximate surface area is 107 Å². The van der Waals surface area contributed by atoms with E-state index in [0.29, 0.717) is 38.0 Å². The van der Waals surface area contributed by atoms with E-state index >= 15 is 0 Å². The largest absolute Gasteiger partial charge is 0.466 e. The summed E-state index contributed by atoms with van der Waals surface area (Å²) in [7, 11) is 0. The van der Waals surface area contributed by atoms with Crippen molar-refractivity contribution < 1.29 is 19.1 Å². The number of esters is 2. The van der Waals surface area contributed by atoms with Crippen molar-refractivity contribution in [2.75, 3.05) is 13.2 Å². The predicted molar refractivity (Wildman–Crippen MR) is 67.2 cm³/mol. The molecular weight excluding hydrogens is 232 g/mol.